The summed E-state index contributed by atoms with van der Waals surface area (Å²) in [5, 5.41) is 31.9. The maximum absolute atomic E-state index is 12.4. The van der Waals surface area contributed by atoms with Gasteiger partial charge < -0.3 is 10.4 Å². The number of nitrogens with zero attached hydrogens (tertiary/aromatic N) is 4. The van der Waals surface area contributed by atoms with Crippen molar-refractivity contribution in [2.24, 2.45) is 0 Å². The molecule has 0 saturated carbocycles. The fourth-order valence-electron chi connectivity index (χ4n) is 3.69. The van der Waals surface area contributed by atoms with Crippen molar-refractivity contribution < 1.29 is 14.7 Å². The standard InChI is InChI=1S/C26H27N5O3S2/c32-17-20-11-5-4-10-19(20)15-22(34)27-26-31-29-24(36-26)13-7-6-12-23-28-30-25(35-23)16-21(33)14-18-8-2-1-3-9-18/h1-5,8-11,32H,6-7,12-17H2,(H,27,31,34). The number of benzene rings is 2. The first-order chi connectivity index (χ1) is 17.6. The summed E-state index contributed by atoms with van der Waals surface area (Å²) in [6.45, 7) is -0.100. The highest BCUT2D eigenvalue weighted by Gasteiger charge is 2.12. The Kier molecular flexibility index (Phi) is 9.37. The zero-order chi connectivity index (χ0) is 25.2. The van der Waals surface area contributed by atoms with Crippen molar-refractivity contribution in [3.63, 3.8) is 0 Å². The van der Waals surface area contributed by atoms with E-state index in [4.69, 9.17) is 0 Å². The number of nitrogens with one attached hydrogen (secondary N) is 1. The summed E-state index contributed by atoms with van der Waals surface area (Å²) in [7, 11) is 0. The highest BCUT2D eigenvalue weighted by molar-refractivity contribution is 7.15. The van der Waals surface area contributed by atoms with Gasteiger partial charge in [-0.3, -0.25) is 9.59 Å². The van der Waals surface area contributed by atoms with Crippen LogP contribution in [-0.4, -0.2) is 37.2 Å². The first kappa shape index (κ1) is 25.7. The third-order valence-electron chi connectivity index (χ3n) is 5.49. The van der Waals surface area contributed by atoms with Crippen molar-refractivity contribution in [1.29, 1.82) is 0 Å². The van der Waals surface area contributed by atoms with E-state index in [1.165, 1.54) is 22.7 Å². The summed E-state index contributed by atoms with van der Waals surface area (Å²) in [6.07, 6.45) is 4.31. The molecule has 0 aliphatic carbocycles. The molecular weight excluding hydrogens is 494 g/mol. The van der Waals surface area contributed by atoms with E-state index in [0.29, 0.717) is 18.0 Å². The number of Topliss-reactive ketones (excluding diaryl/α,β-unsaturated/α-hetero) is 1. The Labute approximate surface area is 217 Å². The lowest BCUT2D eigenvalue weighted by molar-refractivity contribution is -0.118. The second-order valence-corrected chi connectivity index (χ2v) is 10.5. The number of unbranched alkanes of at least 4 members (excludes halogenated alkanes) is 1. The summed E-state index contributed by atoms with van der Waals surface area (Å²) in [6, 6.07) is 17.0. The Bertz CT molecular complexity index is 1290. The molecule has 0 aliphatic heterocycles. The number of aryl methyl sites for hydroxylation is 2. The molecule has 0 unspecified atom stereocenters. The summed E-state index contributed by atoms with van der Waals surface area (Å²) in [5.41, 5.74) is 2.55. The average molecular weight is 522 g/mol. The maximum atomic E-state index is 12.4. The van der Waals surface area contributed by atoms with Gasteiger partial charge in [0.15, 0.2) is 0 Å². The second-order valence-electron chi connectivity index (χ2n) is 8.33. The van der Waals surface area contributed by atoms with Gasteiger partial charge in [0.05, 0.1) is 19.4 Å². The summed E-state index contributed by atoms with van der Waals surface area (Å²) in [5.74, 6) is -0.0476. The molecule has 0 spiro atoms. The molecule has 10 heteroatoms. The van der Waals surface area contributed by atoms with E-state index in [1.807, 2.05) is 48.5 Å². The molecule has 0 bridgehead atoms. The van der Waals surface area contributed by atoms with E-state index in [9.17, 15) is 14.7 Å². The Balaban J connectivity index is 1.16. The van der Waals surface area contributed by atoms with Crippen molar-refractivity contribution in [2.45, 2.75) is 51.6 Å². The Morgan fingerprint density at radius 1 is 0.722 bits per heavy atom. The molecule has 0 atom stereocenters. The number of aromatic nitrogens is 4. The number of carbonyl (C=O) groups excluding carboxylic acids is 2. The minimum atomic E-state index is -0.187. The molecule has 0 saturated heterocycles. The first-order valence-corrected chi connectivity index (χ1v) is 13.4. The summed E-state index contributed by atoms with van der Waals surface area (Å²) >= 11 is 2.87. The molecule has 1 amide bonds. The van der Waals surface area contributed by atoms with Crippen LogP contribution in [0.15, 0.2) is 54.6 Å². The zero-order valence-electron chi connectivity index (χ0n) is 19.7. The van der Waals surface area contributed by atoms with Gasteiger partial charge in [0.2, 0.25) is 11.0 Å². The molecule has 2 heterocycles. The minimum Gasteiger partial charge on any atom is -0.392 e. The highest BCUT2D eigenvalue weighted by atomic mass is 32.1. The van der Waals surface area contributed by atoms with Crippen molar-refractivity contribution in [2.75, 3.05) is 5.32 Å². The Hall–Kier alpha value is -3.34. The molecule has 2 N–H and O–H groups in total. The van der Waals surface area contributed by atoms with E-state index >= 15 is 0 Å². The van der Waals surface area contributed by atoms with E-state index in [-0.39, 0.29) is 24.7 Å². The predicted octanol–water partition coefficient (Wildman–Crippen LogP) is 3.98. The normalized spacial score (nSPS) is 10.9. The van der Waals surface area contributed by atoms with Gasteiger partial charge in [0, 0.05) is 19.3 Å². The van der Waals surface area contributed by atoms with Crippen molar-refractivity contribution >= 4 is 39.5 Å². The summed E-state index contributed by atoms with van der Waals surface area (Å²) in [4.78, 5) is 24.6. The van der Waals surface area contributed by atoms with Crippen LogP contribution in [0.1, 0.15) is 44.6 Å². The van der Waals surface area contributed by atoms with Crippen molar-refractivity contribution in [1.82, 2.24) is 20.4 Å². The number of aliphatic hydroxyl groups excluding tert-OH is 1. The van der Waals surface area contributed by atoms with E-state index < -0.39 is 0 Å². The second kappa shape index (κ2) is 13.1. The molecule has 36 heavy (non-hydrogen) atoms. The van der Waals surface area contributed by atoms with Gasteiger partial charge in [-0.15, -0.1) is 31.7 Å². The third kappa shape index (κ3) is 7.84. The molecule has 0 fully saturated rings. The van der Waals surface area contributed by atoms with Crippen LogP contribution in [0, 0.1) is 0 Å². The van der Waals surface area contributed by atoms with E-state index in [0.717, 1.165) is 57.4 Å². The third-order valence-corrected chi connectivity index (χ3v) is 7.37. The smallest absolute Gasteiger partial charge is 0.230 e. The quantitative estimate of drug-likeness (QED) is 0.256. The van der Waals surface area contributed by atoms with Gasteiger partial charge in [-0.05, 0) is 29.5 Å². The minimum absolute atomic E-state index is 0.100. The number of hydrogen-bond acceptors (Lipinski definition) is 9. The molecule has 4 rings (SSSR count). The van der Waals surface area contributed by atoms with Crippen LogP contribution in [0.25, 0.3) is 0 Å². The molecule has 8 nitrogen and oxygen atoms in total. The van der Waals surface area contributed by atoms with Crippen LogP contribution in [0.4, 0.5) is 5.13 Å². The Morgan fingerprint density at radius 2 is 1.36 bits per heavy atom. The lowest BCUT2D eigenvalue weighted by Gasteiger charge is -2.06. The fourth-order valence-corrected chi connectivity index (χ4v) is 5.41. The van der Waals surface area contributed by atoms with Gasteiger partial charge in [-0.25, -0.2) is 0 Å². The highest BCUT2D eigenvalue weighted by Crippen LogP contribution is 2.20. The van der Waals surface area contributed by atoms with Crippen LogP contribution in [0.2, 0.25) is 0 Å². The van der Waals surface area contributed by atoms with Crippen LogP contribution in [0.5, 0.6) is 0 Å². The number of ketones is 1. The topological polar surface area (TPSA) is 118 Å². The van der Waals surface area contributed by atoms with E-state index in [1.54, 1.807) is 6.07 Å². The molecule has 2 aromatic carbocycles. The fraction of sp³-hybridized carbons (Fsp3) is 0.308. The first-order valence-electron chi connectivity index (χ1n) is 11.8. The number of aliphatic hydroxyl groups is 1. The Morgan fingerprint density at radius 3 is 2.11 bits per heavy atom. The number of amides is 1. The van der Waals surface area contributed by atoms with Gasteiger partial charge in [0.1, 0.15) is 20.8 Å². The van der Waals surface area contributed by atoms with Gasteiger partial charge in [-0.2, -0.15) is 0 Å². The number of hydrogen-bond donors (Lipinski definition) is 2. The van der Waals surface area contributed by atoms with Crippen molar-refractivity contribution in [3.05, 3.63) is 86.3 Å². The van der Waals surface area contributed by atoms with E-state index in [2.05, 4.69) is 25.7 Å². The molecule has 2 aromatic heterocycles. The van der Waals surface area contributed by atoms with Crippen molar-refractivity contribution in [3.8, 4) is 0 Å². The average Bonchev–Trinajstić information content (AvgIpc) is 3.51. The molecule has 4 aromatic rings. The molecular formula is C26H27N5O3S2. The monoisotopic (exact) mass is 521 g/mol. The lowest BCUT2D eigenvalue weighted by Crippen LogP contribution is -2.15. The summed E-state index contributed by atoms with van der Waals surface area (Å²) < 4.78 is 0. The van der Waals surface area contributed by atoms with Gasteiger partial charge in [0.25, 0.3) is 0 Å². The molecule has 0 radical (unpaired) electrons. The molecule has 0 aliphatic rings. The number of carbonyl (C=O) groups is 2. The largest absolute Gasteiger partial charge is 0.392 e. The SMILES string of the molecule is O=C(Cc1ccccc1)Cc1nnc(CCCCc2nnc(NC(=O)Cc3ccccc3CO)s2)s1. The predicted molar refractivity (Wildman–Crippen MR) is 140 cm³/mol. The maximum Gasteiger partial charge on any atom is 0.230 e. The molecule has 186 valence electrons. The van der Waals surface area contributed by atoms with Crippen LogP contribution >= 0.6 is 22.7 Å². The zero-order valence-corrected chi connectivity index (χ0v) is 21.4. The number of anilines is 1. The van der Waals surface area contributed by atoms with Crippen LogP contribution in [-0.2, 0) is 48.3 Å². The van der Waals surface area contributed by atoms with Gasteiger partial charge in [-0.1, -0.05) is 65.9 Å². The van der Waals surface area contributed by atoms with Crippen LogP contribution in [0.3, 0.4) is 0 Å². The van der Waals surface area contributed by atoms with Crippen LogP contribution < -0.4 is 5.32 Å². The lowest BCUT2D eigenvalue weighted by atomic mass is 10.1. The van der Waals surface area contributed by atoms with Gasteiger partial charge >= 0.3 is 0 Å². The number of rotatable bonds is 13.